The van der Waals surface area contributed by atoms with Crippen molar-refractivity contribution in [2.75, 3.05) is 12.4 Å². The van der Waals surface area contributed by atoms with E-state index in [-0.39, 0.29) is 43.4 Å². The summed E-state index contributed by atoms with van der Waals surface area (Å²) in [5, 5.41) is 45.5. The van der Waals surface area contributed by atoms with Crippen LogP contribution < -0.4 is 10.1 Å². The van der Waals surface area contributed by atoms with Crippen molar-refractivity contribution in [2.24, 2.45) is 30.7 Å². The molecule has 4 N–H and O–H groups in total. The van der Waals surface area contributed by atoms with Crippen LogP contribution in [0.25, 0.3) is 43.1 Å². The minimum absolute atomic E-state index is 0.0215. The van der Waals surface area contributed by atoms with Crippen molar-refractivity contribution in [3.05, 3.63) is 158 Å². The zero-order valence-electron chi connectivity index (χ0n) is 33.4. The third-order valence-electron chi connectivity index (χ3n) is 10.4. The van der Waals surface area contributed by atoms with E-state index in [0.29, 0.717) is 44.0 Å². The van der Waals surface area contributed by atoms with Gasteiger partial charge in [0.15, 0.2) is 5.75 Å². The first-order chi connectivity index (χ1) is 30.8. The molecule has 0 aromatic heterocycles. The number of rotatable bonds is 11. The Morgan fingerprint density at radius 1 is 0.453 bits per heavy atom. The molecule has 9 aromatic rings. The van der Waals surface area contributed by atoms with Gasteiger partial charge in [0, 0.05) is 43.7 Å². The van der Waals surface area contributed by atoms with E-state index in [4.69, 9.17) is 4.74 Å². The summed E-state index contributed by atoms with van der Waals surface area (Å²) in [4.78, 5) is -0.648. The lowest BCUT2D eigenvalue weighted by Gasteiger charge is -2.10. The zero-order chi connectivity index (χ0) is 44.6. The first kappa shape index (κ1) is 41.4. The van der Waals surface area contributed by atoms with Gasteiger partial charge in [0.05, 0.1) is 40.4 Å². The Balaban J connectivity index is 1.01. The summed E-state index contributed by atoms with van der Waals surface area (Å²) < 4.78 is 73.4. The van der Waals surface area contributed by atoms with Gasteiger partial charge in [-0.1, -0.05) is 54.6 Å². The van der Waals surface area contributed by atoms with E-state index in [1.165, 1.54) is 36.4 Å². The smallest absolute Gasteiger partial charge is 0.295 e. The maximum Gasteiger partial charge on any atom is 0.295 e. The molecule has 0 aliphatic heterocycles. The Morgan fingerprint density at radius 2 is 1.02 bits per heavy atom. The van der Waals surface area contributed by atoms with Crippen LogP contribution in [0.4, 0.5) is 45.5 Å². The molecular weight excluding hydrogens is 855 g/mol. The molecule has 0 atom stereocenters. The monoisotopic (exact) mass is 887 g/mol. The number of aromatic hydroxyl groups is 1. The molecule has 0 spiro atoms. The Bertz CT molecular complexity index is 3660. The van der Waals surface area contributed by atoms with Crippen LogP contribution in [0.15, 0.2) is 198 Å². The molecule has 0 aliphatic carbocycles. The largest absolute Gasteiger partial charge is 0.505 e. The Labute approximate surface area is 365 Å². The summed E-state index contributed by atoms with van der Waals surface area (Å²) in [6.07, 6.45) is 0. The molecule has 0 fully saturated rings. The molecule has 17 heteroatoms. The molecular formula is C47H33N7O8S2. The molecule has 0 radical (unpaired) electrons. The highest BCUT2D eigenvalue weighted by molar-refractivity contribution is 7.86. The maximum atomic E-state index is 12.2. The van der Waals surface area contributed by atoms with Gasteiger partial charge in [-0.2, -0.15) is 21.9 Å². The van der Waals surface area contributed by atoms with Gasteiger partial charge in [-0.25, -0.2) is 0 Å². The van der Waals surface area contributed by atoms with Crippen molar-refractivity contribution in [1.29, 1.82) is 0 Å². The second-order valence-corrected chi connectivity index (χ2v) is 17.2. The predicted octanol–water partition coefficient (Wildman–Crippen LogP) is 13.5. The van der Waals surface area contributed by atoms with Crippen molar-refractivity contribution in [3.8, 4) is 11.5 Å². The number of nitrogens with zero attached hydrogens (tertiary/aromatic N) is 6. The van der Waals surface area contributed by atoms with E-state index in [0.717, 1.165) is 22.5 Å². The van der Waals surface area contributed by atoms with Gasteiger partial charge in [0.2, 0.25) is 0 Å². The highest BCUT2D eigenvalue weighted by Gasteiger charge is 2.16. The lowest BCUT2D eigenvalue weighted by atomic mass is 10.1. The van der Waals surface area contributed by atoms with E-state index >= 15 is 0 Å². The summed E-state index contributed by atoms with van der Waals surface area (Å²) in [6, 6.07) is 43.9. The van der Waals surface area contributed by atoms with Crippen molar-refractivity contribution in [1.82, 2.24) is 0 Å². The molecule has 0 unspecified atom stereocenters. The van der Waals surface area contributed by atoms with Crippen molar-refractivity contribution >= 4 is 109 Å². The molecule has 0 aliphatic rings. The fourth-order valence-corrected chi connectivity index (χ4v) is 8.43. The van der Waals surface area contributed by atoms with E-state index in [1.807, 2.05) is 72.8 Å². The van der Waals surface area contributed by atoms with Crippen LogP contribution in [-0.4, -0.2) is 38.2 Å². The topological polar surface area (TPSA) is 224 Å². The van der Waals surface area contributed by atoms with E-state index in [1.54, 1.807) is 55.6 Å². The molecule has 15 nitrogen and oxygen atoms in total. The van der Waals surface area contributed by atoms with Crippen molar-refractivity contribution in [2.45, 2.75) is 9.79 Å². The Kier molecular flexibility index (Phi) is 10.8. The Morgan fingerprint density at radius 3 is 1.66 bits per heavy atom. The van der Waals surface area contributed by atoms with Crippen LogP contribution in [0.3, 0.4) is 0 Å². The maximum absolute atomic E-state index is 12.2. The third-order valence-corrected chi connectivity index (χ3v) is 12.1. The SMILES string of the molecule is COc1ccc(Nc2ccc3c(O)c(N=Nc4ccc(N=Nc5ccc(N=Nc6ccc7cccc(S(=O)(=O)O)c7c6)c6ccc(S(=O)(=O)O)cc56)c5ccccc45)ccc3c2)cc1. The van der Waals surface area contributed by atoms with Crippen molar-refractivity contribution < 1.29 is 35.8 Å². The summed E-state index contributed by atoms with van der Waals surface area (Å²) >= 11 is 0. The van der Waals surface area contributed by atoms with Gasteiger partial charge in [-0.3, -0.25) is 9.11 Å². The number of hydrogen-bond acceptors (Lipinski definition) is 13. The number of hydrogen-bond donors (Lipinski definition) is 4. The van der Waals surface area contributed by atoms with Gasteiger partial charge < -0.3 is 15.2 Å². The van der Waals surface area contributed by atoms with Crippen LogP contribution in [-0.2, 0) is 20.2 Å². The summed E-state index contributed by atoms with van der Waals surface area (Å²) in [7, 11) is -7.51. The van der Waals surface area contributed by atoms with Gasteiger partial charge in [0.25, 0.3) is 20.2 Å². The molecule has 0 saturated carbocycles. The highest BCUT2D eigenvalue weighted by atomic mass is 32.2. The molecule has 0 amide bonds. The average Bonchev–Trinajstić information content (AvgIpc) is 3.29. The molecule has 0 heterocycles. The minimum atomic E-state index is -4.61. The number of nitrogens with one attached hydrogen (secondary N) is 1. The standard InChI is InChI=1S/C47H33N7O8S2/c1-62-33-15-12-30(13-16-33)48-31-14-18-35-29(25-31)10-20-45(47(35)55)54-52-42-22-21-41(36-6-2-3-7-37(36)42)51-53-44-24-23-43(38-19-17-34(27-40(38)44)63(56,57)58)50-49-32-11-9-28-5-4-8-46(39(28)26-32)64(59,60)61/h2-27,48,55H,1H3,(H,56,57,58)(H,59,60,61). The van der Waals surface area contributed by atoms with E-state index < -0.39 is 20.2 Å². The van der Waals surface area contributed by atoms with E-state index in [9.17, 15) is 31.0 Å². The summed E-state index contributed by atoms with van der Waals surface area (Å²) in [5.74, 6) is 0.734. The van der Waals surface area contributed by atoms with Crippen molar-refractivity contribution in [3.63, 3.8) is 0 Å². The van der Waals surface area contributed by atoms with Crippen LogP contribution in [0.1, 0.15) is 0 Å². The lowest BCUT2D eigenvalue weighted by Crippen LogP contribution is -1.98. The fourth-order valence-electron chi connectivity index (χ4n) is 7.22. The molecule has 316 valence electrons. The van der Waals surface area contributed by atoms with Gasteiger partial charge in [-0.15, -0.1) is 25.6 Å². The lowest BCUT2D eigenvalue weighted by molar-refractivity contribution is 0.415. The van der Waals surface area contributed by atoms with Crippen LogP contribution in [0.5, 0.6) is 11.5 Å². The third kappa shape index (κ3) is 8.46. The average molecular weight is 888 g/mol. The fraction of sp³-hybridized carbons (Fsp3) is 0.0213. The molecule has 9 rings (SSSR count). The highest BCUT2D eigenvalue weighted by Crippen LogP contribution is 2.41. The number of anilines is 2. The summed E-state index contributed by atoms with van der Waals surface area (Å²) in [6.45, 7) is 0. The van der Waals surface area contributed by atoms with Gasteiger partial charge in [-0.05, 0) is 114 Å². The molecule has 9 aromatic carbocycles. The van der Waals surface area contributed by atoms with E-state index in [2.05, 4.69) is 36.0 Å². The normalized spacial score (nSPS) is 12.4. The minimum Gasteiger partial charge on any atom is -0.505 e. The predicted molar refractivity (Wildman–Crippen MR) is 246 cm³/mol. The van der Waals surface area contributed by atoms with Crippen LogP contribution in [0.2, 0.25) is 0 Å². The number of methoxy groups -OCH3 is 1. The quantitative estimate of drug-likeness (QED) is 0.0715. The summed E-state index contributed by atoms with van der Waals surface area (Å²) in [5.41, 5.74) is 3.82. The molecule has 0 bridgehead atoms. The number of benzene rings is 9. The number of phenols is 1. The second-order valence-electron chi connectivity index (χ2n) is 14.4. The van der Waals surface area contributed by atoms with Gasteiger partial charge in [0.1, 0.15) is 16.3 Å². The number of phenolic OH excluding ortho intramolecular Hbond substituents is 1. The second kappa shape index (κ2) is 16.7. The number of azo groups is 3. The number of fused-ring (bicyclic) bond motifs is 4. The van der Waals surface area contributed by atoms with Gasteiger partial charge >= 0.3 is 0 Å². The molecule has 64 heavy (non-hydrogen) atoms. The first-order valence-corrected chi connectivity index (χ1v) is 22.2. The Hall–Kier alpha value is -7.96. The van der Waals surface area contributed by atoms with Crippen LogP contribution in [0, 0.1) is 0 Å². The number of ether oxygens (including phenoxy) is 1. The molecule has 0 saturated heterocycles. The van der Waals surface area contributed by atoms with Crippen LogP contribution >= 0.6 is 0 Å². The first-order valence-electron chi connectivity index (χ1n) is 19.3. The zero-order valence-corrected chi connectivity index (χ0v) is 35.0.